The van der Waals surface area contributed by atoms with Crippen LogP contribution in [0.15, 0.2) is 35.2 Å². The number of ether oxygens (including phenoxy) is 1. The lowest BCUT2D eigenvalue weighted by molar-refractivity contribution is 0.339. The van der Waals surface area contributed by atoms with Crippen LogP contribution in [-0.4, -0.2) is 45.5 Å². The summed E-state index contributed by atoms with van der Waals surface area (Å²) in [4.78, 5) is 2.50. The molecule has 0 aromatic heterocycles. The second-order valence-electron chi connectivity index (χ2n) is 7.16. The Morgan fingerprint density at radius 3 is 2.18 bits per heavy atom. The summed E-state index contributed by atoms with van der Waals surface area (Å²) >= 11 is 6.10. The first-order valence-electron chi connectivity index (χ1n) is 9.49. The Kier molecular flexibility index (Phi) is 6.22. The van der Waals surface area contributed by atoms with Crippen LogP contribution in [0.2, 0.25) is 5.02 Å². The molecule has 28 heavy (non-hydrogen) atoms. The molecule has 0 radical (unpaired) electrons. The molecular weight excluding hydrogens is 396 g/mol. The van der Waals surface area contributed by atoms with E-state index >= 15 is 0 Å². The molecular formula is C21H27ClN2O3S. The highest BCUT2D eigenvalue weighted by Gasteiger charge is 2.30. The molecule has 0 spiro atoms. The summed E-state index contributed by atoms with van der Waals surface area (Å²) in [6.07, 6.45) is 0. The number of nitrogens with zero attached hydrogens (tertiary/aromatic N) is 2. The van der Waals surface area contributed by atoms with Crippen LogP contribution in [0.1, 0.15) is 23.6 Å². The number of hydrogen-bond donors (Lipinski definition) is 0. The van der Waals surface area contributed by atoms with Crippen LogP contribution >= 0.6 is 11.6 Å². The maximum Gasteiger partial charge on any atom is 0.243 e. The molecule has 0 aliphatic carbocycles. The normalized spacial score (nSPS) is 15.7. The van der Waals surface area contributed by atoms with Crippen molar-refractivity contribution in [3.05, 3.63) is 52.0 Å². The molecule has 2 aromatic carbocycles. The number of sulfonamides is 1. The second-order valence-corrected chi connectivity index (χ2v) is 9.51. The molecule has 0 atom stereocenters. The topological polar surface area (TPSA) is 49.9 Å². The third-order valence-electron chi connectivity index (χ3n) is 5.03. The summed E-state index contributed by atoms with van der Waals surface area (Å²) in [7, 11) is -3.58. The van der Waals surface area contributed by atoms with Gasteiger partial charge in [-0.25, -0.2) is 8.42 Å². The van der Waals surface area contributed by atoms with Gasteiger partial charge >= 0.3 is 0 Å². The van der Waals surface area contributed by atoms with E-state index in [1.165, 1.54) is 28.4 Å². The Morgan fingerprint density at radius 2 is 1.61 bits per heavy atom. The monoisotopic (exact) mass is 422 g/mol. The first kappa shape index (κ1) is 21.0. The molecule has 5 nitrogen and oxygen atoms in total. The van der Waals surface area contributed by atoms with Crippen molar-refractivity contribution in [1.82, 2.24) is 4.31 Å². The molecule has 152 valence electrons. The first-order chi connectivity index (χ1) is 13.2. The van der Waals surface area contributed by atoms with E-state index in [4.69, 9.17) is 16.3 Å². The van der Waals surface area contributed by atoms with E-state index in [9.17, 15) is 8.42 Å². The highest BCUT2D eigenvalue weighted by molar-refractivity contribution is 7.89. The van der Waals surface area contributed by atoms with Gasteiger partial charge in [-0.3, -0.25) is 0 Å². The van der Waals surface area contributed by atoms with Gasteiger partial charge in [0.25, 0.3) is 0 Å². The number of rotatable bonds is 5. The maximum absolute atomic E-state index is 13.1. The van der Waals surface area contributed by atoms with E-state index in [-0.39, 0.29) is 4.90 Å². The summed E-state index contributed by atoms with van der Waals surface area (Å²) in [5.74, 6) is 0.398. The lowest BCUT2D eigenvalue weighted by Crippen LogP contribution is -2.49. The SMILES string of the molecule is CCOc1cc(S(=O)(=O)N2CCN(c3c(C)cc(C)cc3C)CC2)ccc1Cl. The molecule has 1 fully saturated rings. The van der Waals surface area contributed by atoms with Gasteiger partial charge in [0.1, 0.15) is 5.75 Å². The molecule has 1 aliphatic rings. The average molecular weight is 423 g/mol. The molecule has 0 unspecified atom stereocenters. The Labute approximate surface area is 172 Å². The van der Waals surface area contributed by atoms with E-state index in [2.05, 4.69) is 37.8 Å². The van der Waals surface area contributed by atoms with Crippen molar-refractivity contribution in [2.24, 2.45) is 0 Å². The van der Waals surface area contributed by atoms with Crippen LogP contribution < -0.4 is 9.64 Å². The fourth-order valence-electron chi connectivity index (χ4n) is 3.88. The van der Waals surface area contributed by atoms with Crippen molar-refractivity contribution >= 4 is 27.3 Å². The van der Waals surface area contributed by atoms with Crippen molar-refractivity contribution in [2.45, 2.75) is 32.6 Å². The Balaban J connectivity index is 1.78. The zero-order valence-corrected chi connectivity index (χ0v) is 18.4. The largest absolute Gasteiger partial charge is 0.492 e. The van der Waals surface area contributed by atoms with Crippen molar-refractivity contribution in [3.8, 4) is 5.75 Å². The molecule has 0 saturated carbocycles. The molecule has 1 saturated heterocycles. The van der Waals surface area contributed by atoms with Crippen LogP contribution in [-0.2, 0) is 10.0 Å². The number of piperazine rings is 1. The quantitative estimate of drug-likeness (QED) is 0.725. The fraction of sp³-hybridized carbons (Fsp3) is 0.429. The summed E-state index contributed by atoms with van der Waals surface area (Å²) < 4.78 is 33.2. The minimum absolute atomic E-state index is 0.219. The lowest BCUT2D eigenvalue weighted by atomic mass is 10.0. The van der Waals surface area contributed by atoms with Crippen LogP contribution in [0.25, 0.3) is 0 Å². The zero-order chi connectivity index (χ0) is 20.5. The third kappa shape index (κ3) is 4.14. The number of hydrogen-bond acceptors (Lipinski definition) is 4. The number of aryl methyl sites for hydroxylation is 3. The minimum atomic E-state index is -3.58. The minimum Gasteiger partial charge on any atom is -0.492 e. The van der Waals surface area contributed by atoms with E-state index in [0.29, 0.717) is 43.6 Å². The first-order valence-corrected chi connectivity index (χ1v) is 11.3. The van der Waals surface area contributed by atoms with E-state index in [0.717, 1.165) is 0 Å². The predicted octanol–water partition coefficient (Wildman–Crippen LogP) is 4.17. The Bertz CT molecular complexity index is 945. The van der Waals surface area contributed by atoms with Crippen LogP contribution in [0.3, 0.4) is 0 Å². The molecule has 1 aliphatic heterocycles. The average Bonchev–Trinajstić information content (AvgIpc) is 2.63. The zero-order valence-electron chi connectivity index (χ0n) is 16.8. The van der Waals surface area contributed by atoms with Gasteiger partial charge < -0.3 is 9.64 Å². The molecule has 3 rings (SSSR count). The third-order valence-corrected chi connectivity index (χ3v) is 7.24. The second kappa shape index (κ2) is 8.31. The molecule has 0 bridgehead atoms. The van der Waals surface area contributed by atoms with Crippen molar-refractivity contribution < 1.29 is 13.2 Å². The van der Waals surface area contributed by atoms with Gasteiger partial charge in [0.05, 0.1) is 16.5 Å². The smallest absolute Gasteiger partial charge is 0.243 e. The van der Waals surface area contributed by atoms with Crippen LogP contribution in [0, 0.1) is 20.8 Å². The number of halogens is 1. The van der Waals surface area contributed by atoms with E-state index < -0.39 is 10.0 Å². The van der Waals surface area contributed by atoms with Crippen molar-refractivity contribution in [3.63, 3.8) is 0 Å². The maximum atomic E-state index is 13.1. The standard InChI is InChI=1S/C21H27ClN2O3S/c1-5-27-20-14-18(6-7-19(20)22)28(25,26)24-10-8-23(9-11-24)21-16(3)12-15(2)13-17(21)4/h6-7,12-14H,5,8-11H2,1-4H3. The number of anilines is 1. The molecule has 1 heterocycles. The predicted molar refractivity (Wildman–Crippen MR) is 114 cm³/mol. The van der Waals surface area contributed by atoms with Gasteiger partial charge in [-0.1, -0.05) is 29.3 Å². The van der Waals surface area contributed by atoms with E-state index in [1.807, 2.05) is 6.92 Å². The van der Waals surface area contributed by atoms with Gasteiger partial charge in [-0.2, -0.15) is 4.31 Å². The summed E-state index contributed by atoms with van der Waals surface area (Å²) in [5, 5.41) is 0.413. The summed E-state index contributed by atoms with van der Waals surface area (Å²) in [5.41, 5.74) is 4.92. The summed E-state index contributed by atoms with van der Waals surface area (Å²) in [6.45, 7) is 10.8. The Hall–Kier alpha value is -1.76. The highest BCUT2D eigenvalue weighted by Crippen LogP contribution is 2.31. The van der Waals surface area contributed by atoms with Crippen molar-refractivity contribution in [2.75, 3.05) is 37.7 Å². The molecule has 0 N–H and O–H groups in total. The van der Waals surface area contributed by atoms with Gasteiger partial charge in [-0.15, -0.1) is 0 Å². The van der Waals surface area contributed by atoms with Gasteiger partial charge in [0.15, 0.2) is 0 Å². The van der Waals surface area contributed by atoms with Gasteiger partial charge in [0, 0.05) is 37.9 Å². The van der Waals surface area contributed by atoms with Crippen LogP contribution in [0.5, 0.6) is 5.75 Å². The van der Waals surface area contributed by atoms with E-state index in [1.54, 1.807) is 16.4 Å². The fourth-order valence-corrected chi connectivity index (χ4v) is 5.49. The van der Waals surface area contributed by atoms with Gasteiger partial charge in [-0.05, 0) is 51.0 Å². The Morgan fingerprint density at radius 1 is 1.00 bits per heavy atom. The summed E-state index contributed by atoms with van der Waals surface area (Å²) in [6, 6.07) is 8.99. The van der Waals surface area contributed by atoms with Crippen molar-refractivity contribution in [1.29, 1.82) is 0 Å². The highest BCUT2D eigenvalue weighted by atomic mass is 35.5. The lowest BCUT2D eigenvalue weighted by Gasteiger charge is -2.37. The van der Waals surface area contributed by atoms with Gasteiger partial charge in [0.2, 0.25) is 10.0 Å². The molecule has 0 amide bonds. The molecule has 2 aromatic rings. The number of benzene rings is 2. The molecule has 7 heteroatoms. The van der Waals surface area contributed by atoms with Crippen LogP contribution in [0.4, 0.5) is 5.69 Å².